The van der Waals surface area contributed by atoms with Crippen LogP contribution in [-0.4, -0.2) is 23.2 Å². The number of benzene rings is 3. The number of nitrogens with zero attached hydrogens (tertiary/aromatic N) is 3. The molecule has 36 heavy (non-hydrogen) atoms. The zero-order valence-electron chi connectivity index (χ0n) is 18.9. The number of rotatable bonds is 8. The molecular formula is C26H18BrFN4O3S. The number of hydrogen-bond donors (Lipinski definition) is 1. The summed E-state index contributed by atoms with van der Waals surface area (Å²) in [5.74, 6) is 0.288. The van der Waals surface area contributed by atoms with Crippen molar-refractivity contribution < 1.29 is 18.7 Å². The van der Waals surface area contributed by atoms with Gasteiger partial charge in [-0.1, -0.05) is 41.7 Å². The van der Waals surface area contributed by atoms with E-state index >= 15 is 0 Å². The zero-order valence-corrected chi connectivity index (χ0v) is 21.3. The fourth-order valence-corrected chi connectivity index (χ4v) is 4.43. The first-order chi connectivity index (χ1) is 17.5. The quantitative estimate of drug-likeness (QED) is 0.251. The third-order valence-electron chi connectivity index (χ3n) is 4.89. The number of hydrogen-bond acceptors (Lipinski definition) is 7. The highest BCUT2D eigenvalue weighted by atomic mass is 79.9. The number of carbonyl (C=O) groups is 1. The molecule has 3 aromatic carbocycles. The fraction of sp³-hybridized carbons (Fsp3) is 0.0769. The molecule has 1 aromatic heterocycles. The molecule has 10 heteroatoms. The maximum absolute atomic E-state index is 13.1. The molecule has 7 nitrogen and oxygen atoms in total. The van der Waals surface area contributed by atoms with Gasteiger partial charge in [0, 0.05) is 5.56 Å². The Hall–Kier alpha value is -4.07. The molecule has 0 fully saturated rings. The van der Waals surface area contributed by atoms with Crippen molar-refractivity contribution in [2.45, 2.75) is 6.61 Å². The van der Waals surface area contributed by atoms with Gasteiger partial charge >= 0.3 is 0 Å². The molecule has 1 N–H and O–H groups in total. The molecule has 180 valence electrons. The summed E-state index contributed by atoms with van der Waals surface area (Å²) in [6.07, 6.45) is 1.64. The van der Waals surface area contributed by atoms with Gasteiger partial charge in [0.05, 0.1) is 17.2 Å². The largest absolute Gasteiger partial charge is 0.493 e. The number of anilines is 1. The van der Waals surface area contributed by atoms with Gasteiger partial charge in [-0.15, -0.1) is 10.2 Å². The summed E-state index contributed by atoms with van der Waals surface area (Å²) < 4.78 is 25.1. The molecule has 0 saturated heterocycles. The molecule has 4 aromatic rings. The third-order valence-corrected chi connectivity index (χ3v) is 6.35. The number of ether oxygens (including phenoxy) is 2. The normalized spacial score (nSPS) is 11.0. The van der Waals surface area contributed by atoms with Crippen molar-refractivity contribution in [3.63, 3.8) is 0 Å². The minimum atomic E-state index is -0.317. The Balaban J connectivity index is 1.52. The zero-order chi connectivity index (χ0) is 25.5. The van der Waals surface area contributed by atoms with Crippen molar-refractivity contribution >= 4 is 50.0 Å². The summed E-state index contributed by atoms with van der Waals surface area (Å²) in [5, 5.41) is 21.1. The van der Waals surface area contributed by atoms with Crippen molar-refractivity contribution in [3.05, 3.63) is 98.7 Å². The van der Waals surface area contributed by atoms with Crippen LogP contribution in [-0.2, 0) is 6.61 Å². The van der Waals surface area contributed by atoms with Gasteiger partial charge in [0.25, 0.3) is 5.91 Å². The number of amides is 1. The van der Waals surface area contributed by atoms with Crippen LogP contribution in [0.1, 0.15) is 26.5 Å². The molecule has 0 saturated carbocycles. The average molecular weight is 565 g/mol. The highest BCUT2D eigenvalue weighted by Gasteiger charge is 2.15. The lowest BCUT2D eigenvalue weighted by Crippen LogP contribution is -2.11. The van der Waals surface area contributed by atoms with Gasteiger partial charge in [0.1, 0.15) is 18.5 Å². The van der Waals surface area contributed by atoms with Crippen molar-refractivity contribution in [2.75, 3.05) is 12.4 Å². The first kappa shape index (κ1) is 25.0. The second-order valence-corrected chi connectivity index (χ2v) is 9.18. The number of nitriles is 1. The Bertz CT molecular complexity index is 1450. The number of aromatic nitrogens is 2. The van der Waals surface area contributed by atoms with Gasteiger partial charge in [-0.2, -0.15) is 5.26 Å². The number of carbonyl (C=O) groups excluding carboxylic acids is 1. The van der Waals surface area contributed by atoms with Gasteiger partial charge in [0.15, 0.2) is 16.5 Å². The second kappa shape index (κ2) is 11.6. The van der Waals surface area contributed by atoms with Crippen molar-refractivity contribution in [1.82, 2.24) is 10.2 Å². The lowest BCUT2D eigenvalue weighted by Gasteiger charge is -2.14. The predicted molar refractivity (Wildman–Crippen MR) is 139 cm³/mol. The number of halogens is 2. The second-order valence-electron chi connectivity index (χ2n) is 7.35. The molecule has 0 bridgehead atoms. The Labute approximate surface area is 219 Å². The monoisotopic (exact) mass is 564 g/mol. The number of nitrogens with one attached hydrogen (secondary N) is 1. The molecule has 0 aliphatic rings. The summed E-state index contributed by atoms with van der Waals surface area (Å²) in [6, 6.07) is 20.4. The van der Waals surface area contributed by atoms with Gasteiger partial charge in [-0.25, -0.2) is 4.39 Å². The van der Waals surface area contributed by atoms with E-state index < -0.39 is 0 Å². The van der Waals surface area contributed by atoms with E-state index in [2.05, 4.69) is 37.5 Å². The summed E-state index contributed by atoms with van der Waals surface area (Å²) in [7, 11) is 1.51. The van der Waals surface area contributed by atoms with Crippen molar-refractivity contribution in [2.24, 2.45) is 0 Å². The Morgan fingerprint density at radius 3 is 2.61 bits per heavy atom. The van der Waals surface area contributed by atoms with Crippen LogP contribution in [0.3, 0.4) is 0 Å². The summed E-state index contributed by atoms with van der Waals surface area (Å²) in [5.41, 5.74) is 2.22. The molecule has 0 spiro atoms. The van der Waals surface area contributed by atoms with E-state index in [1.54, 1.807) is 54.6 Å². The highest BCUT2D eigenvalue weighted by molar-refractivity contribution is 9.10. The van der Waals surface area contributed by atoms with Crippen LogP contribution in [0.4, 0.5) is 9.52 Å². The van der Waals surface area contributed by atoms with Crippen LogP contribution in [0.15, 0.2) is 71.2 Å². The highest BCUT2D eigenvalue weighted by Crippen LogP contribution is 2.38. The van der Waals surface area contributed by atoms with Crippen molar-refractivity contribution in [3.8, 4) is 17.6 Å². The van der Waals surface area contributed by atoms with Crippen LogP contribution in [0, 0.1) is 17.1 Å². The minimum absolute atomic E-state index is 0.218. The van der Waals surface area contributed by atoms with E-state index in [9.17, 15) is 14.4 Å². The SMILES string of the molecule is COc1cc(/C=C(\C#N)c2nnc(NC(=O)c3ccccc3)s2)cc(Br)c1OCc1ccc(F)cc1. The first-order valence-corrected chi connectivity index (χ1v) is 12.1. The van der Waals surface area contributed by atoms with Crippen LogP contribution >= 0.6 is 27.3 Å². The third kappa shape index (κ3) is 6.13. The molecule has 1 amide bonds. The molecule has 0 unspecified atom stereocenters. The van der Waals surface area contributed by atoms with Gasteiger partial charge < -0.3 is 9.47 Å². The first-order valence-electron chi connectivity index (χ1n) is 10.5. The fourth-order valence-electron chi connectivity index (χ4n) is 3.15. The number of allylic oxidation sites excluding steroid dienone is 1. The smallest absolute Gasteiger partial charge is 0.257 e. The minimum Gasteiger partial charge on any atom is -0.493 e. The Morgan fingerprint density at radius 2 is 1.92 bits per heavy atom. The van der Waals surface area contributed by atoms with E-state index in [0.29, 0.717) is 32.1 Å². The molecule has 0 atom stereocenters. The van der Waals surface area contributed by atoms with E-state index in [-0.39, 0.29) is 29.0 Å². The molecular weight excluding hydrogens is 547 g/mol. The predicted octanol–water partition coefficient (Wildman–Crippen LogP) is 6.34. The van der Waals surface area contributed by atoms with Crippen LogP contribution in [0.2, 0.25) is 0 Å². The van der Waals surface area contributed by atoms with Gasteiger partial charge in [-0.3, -0.25) is 10.1 Å². The molecule has 4 rings (SSSR count). The number of methoxy groups -OCH3 is 1. The van der Waals surface area contributed by atoms with E-state index in [0.717, 1.165) is 16.9 Å². The van der Waals surface area contributed by atoms with Gasteiger partial charge in [0.2, 0.25) is 5.13 Å². The molecule has 1 heterocycles. The molecule has 0 aliphatic carbocycles. The van der Waals surface area contributed by atoms with Crippen LogP contribution in [0.5, 0.6) is 11.5 Å². The van der Waals surface area contributed by atoms with Crippen molar-refractivity contribution in [1.29, 1.82) is 5.26 Å². The Kier molecular flexibility index (Phi) is 8.05. The standard InChI is InChI=1S/C26H18BrFN4O3S/c1-34-22-13-17(12-21(27)23(22)35-15-16-7-9-20(28)10-8-16)11-19(14-29)25-31-32-26(36-25)30-24(33)18-5-3-2-4-6-18/h2-13H,15H2,1H3,(H,30,32,33)/b19-11+. The lowest BCUT2D eigenvalue weighted by atomic mass is 10.1. The molecule has 0 aliphatic heterocycles. The maximum atomic E-state index is 13.1. The summed E-state index contributed by atoms with van der Waals surface area (Å²) in [4.78, 5) is 12.4. The van der Waals surface area contributed by atoms with Crippen LogP contribution < -0.4 is 14.8 Å². The summed E-state index contributed by atoms with van der Waals surface area (Å²) in [6.45, 7) is 0.218. The maximum Gasteiger partial charge on any atom is 0.257 e. The lowest BCUT2D eigenvalue weighted by molar-refractivity contribution is 0.102. The van der Waals surface area contributed by atoms with Crippen LogP contribution in [0.25, 0.3) is 11.6 Å². The topological polar surface area (TPSA) is 97.1 Å². The average Bonchev–Trinajstić information content (AvgIpc) is 3.36. The summed E-state index contributed by atoms with van der Waals surface area (Å²) >= 11 is 4.59. The molecule has 0 radical (unpaired) electrons. The van der Waals surface area contributed by atoms with Gasteiger partial charge in [-0.05, 0) is 69.5 Å². The van der Waals surface area contributed by atoms with E-state index in [1.807, 2.05) is 6.07 Å². The Morgan fingerprint density at radius 1 is 1.17 bits per heavy atom. The van der Waals surface area contributed by atoms with E-state index in [4.69, 9.17) is 9.47 Å². The van der Waals surface area contributed by atoms with E-state index in [1.165, 1.54) is 19.2 Å².